The third kappa shape index (κ3) is 39.3. The molecule has 6 nitrogen and oxygen atoms in total. The minimum Gasteiger partial charge on any atom is -0.439 e. The quantitative estimate of drug-likeness (QED) is 0.0739. The van der Waals surface area contributed by atoms with Crippen LogP contribution in [-0.4, -0.2) is 87.1 Å². The fraction of sp³-hybridized carbons (Fsp3) is 0.617. The van der Waals surface area contributed by atoms with Crippen molar-refractivity contribution >= 4 is 51.6 Å². The molecule has 3 aromatic rings. The molecule has 0 aliphatic carbocycles. The van der Waals surface area contributed by atoms with E-state index >= 15 is 0 Å². The van der Waals surface area contributed by atoms with Crippen LogP contribution in [0.3, 0.4) is 0 Å². The Bertz CT molecular complexity index is 1350. The average molecular weight is 922 g/mol. The second-order valence-corrected chi connectivity index (χ2v) is 40.1. The van der Waals surface area contributed by atoms with Gasteiger partial charge in [0.25, 0.3) is 0 Å². The van der Waals surface area contributed by atoms with Crippen molar-refractivity contribution in [1.82, 2.24) is 0 Å². The van der Waals surface area contributed by atoms with Gasteiger partial charge >= 0.3 is 8.56 Å². The normalized spacial score (nSPS) is 11.6. The van der Waals surface area contributed by atoms with Crippen molar-refractivity contribution in [2.24, 2.45) is 0 Å². The molecule has 0 saturated heterocycles. The summed E-state index contributed by atoms with van der Waals surface area (Å²) in [5, 5.41) is 0. The van der Waals surface area contributed by atoms with Gasteiger partial charge in [0.2, 0.25) is 0 Å². The fourth-order valence-electron chi connectivity index (χ4n) is 5.51. The van der Waals surface area contributed by atoms with Gasteiger partial charge in [-0.3, -0.25) is 0 Å². The second-order valence-electron chi connectivity index (χ2n) is 18.0. The van der Waals surface area contributed by atoms with Gasteiger partial charge in [-0.1, -0.05) is 110 Å². The topological polar surface area (TPSA) is 55.4 Å². The molecule has 12 heteroatoms. The molecule has 0 heterocycles. The molecule has 3 rings (SSSR count). The van der Waals surface area contributed by atoms with Gasteiger partial charge in [-0.05, 0) is 152 Å². The molecule has 0 spiro atoms. The predicted octanol–water partition coefficient (Wildman–Crippen LogP) is 13.5. The van der Waals surface area contributed by atoms with Crippen molar-refractivity contribution in [3.05, 3.63) is 108 Å². The third-order valence-electron chi connectivity index (χ3n) is 10.2. The summed E-state index contributed by atoms with van der Waals surface area (Å²) in [7, 11) is 1.88. The predicted molar refractivity (Wildman–Crippen MR) is 276 cm³/mol. The van der Waals surface area contributed by atoms with Crippen LogP contribution in [0.2, 0.25) is 96.7 Å². The lowest BCUT2D eigenvalue weighted by molar-refractivity contribution is 0.317. The Morgan fingerprint density at radius 3 is 0.932 bits per heavy atom. The van der Waals surface area contributed by atoms with Gasteiger partial charge in [0.1, 0.15) is 0 Å². The number of unbranched alkanes of at least 4 members (excludes halogenated alkanes) is 3. The standard InChI is InChI=1S/C14H24OSi.C13H22OSi.C12H20OSi.C5H16O2Si2.C3H10OSi/c1-15-16(2,3)13-9-5-8-12-14-10-6-4-7-11-14;1-14-15(2,3)12-8-7-11-13-9-5-4-6-10-13;1-13-14(2,3)11-7-10-12-8-5-4-6-9-12;1-6-9(4,5)7-8(2)3;1-4-5(2)3/h4,6-7,10-11H,5,8-9,12-13H2,1-3H3;4-6,9-10H,7-8,11-12H2,1-3H3;4-6,8-9H,7,10-11H2,1-3H3;8H,1-5H3;5H,1-3H3. The highest BCUT2D eigenvalue weighted by molar-refractivity contribution is 6.73. The highest BCUT2D eigenvalue weighted by Gasteiger charge is 2.23. The fourth-order valence-corrected chi connectivity index (χ4v) is 14.3. The van der Waals surface area contributed by atoms with E-state index in [1.807, 2.05) is 21.3 Å². The van der Waals surface area contributed by atoms with Crippen molar-refractivity contribution in [3.8, 4) is 0 Å². The third-order valence-corrected chi connectivity index (χ3v) is 24.2. The molecule has 0 saturated carbocycles. The van der Waals surface area contributed by atoms with Gasteiger partial charge < -0.3 is 26.2 Å². The molecule has 0 unspecified atom stereocenters. The Kier molecular flexibility index (Phi) is 35.7. The second kappa shape index (κ2) is 35.2. The summed E-state index contributed by atoms with van der Waals surface area (Å²) in [5.74, 6) is 0. The smallest absolute Gasteiger partial charge is 0.320 e. The van der Waals surface area contributed by atoms with E-state index in [0.717, 1.165) is 0 Å². The van der Waals surface area contributed by atoms with Gasteiger partial charge in [-0.2, -0.15) is 0 Å². The van der Waals surface area contributed by atoms with Crippen LogP contribution in [0.25, 0.3) is 0 Å². The van der Waals surface area contributed by atoms with Crippen molar-refractivity contribution in [2.75, 3.05) is 35.5 Å². The first-order valence-corrected chi connectivity index (χ1v) is 39.9. The molecule has 0 fully saturated rings. The zero-order chi connectivity index (χ0) is 45.2. The maximum absolute atomic E-state index is 5.64. The van der Waals surface area contributed by atoms with Crippen LogP contribution in [0.15, 0.2) is 91.0 Å². The van der Waals surface area contributed by atoms with Crippen LogP contribution < -0.4 is 0 Å². The maximum atomic E-state index is 5.64. The van der Waals surface area contributed by atoms with E-state index in [4.69, 9.17) is 26.2 Å². The lowest BCUT2D eigenvalue weighted by Gasteiger charge is -2.22. The zero-order valence-corrected chi connectivity index (χ0v) is 47.6. The average Bonchev–Trinajstić information content (AvgIpc) is 3.21. The van der Waals surface area contributed by atoms with Crippen molar-refractivity contribution < 1.29 is 26.2 Å². The highest BCUT2D eigenvalue weighted by atomic mass is 28.4. The summed E-state index contributed by atoms with van der Waals surface area (Å²) >= 11 is 0. The molecule has 0 N–H and O–H groups in total. The van der Waals surface area contributed by atoms with Gasteiger partial charge in [0.05, 0.1) is 0 Å². The van der Waals surface area contributed by atoms with Crippen LogP contribution in [0.1, 0.15) is 55.2 Å². The molecule has 59 heavy (non-hydrogen) atoms. The minimum absolute atomic E-state index is 0.650. The monoisotopic (exact) mass is 921 g/mol. The van der Waals surface area contributed by atoms with Crippen molar-refractivity contribution in [1.29, 1.82) is 0 Å². The van der Waals surface area contributed by atoms with Crippen molar-refractivity contribution in [3.63, 3.8) is 0 Å². The highest BCUT2D eigenvalue weighted by Crippen LogP contribution is 2.18. The van der Waals surface area contributed by atoms with Crippen LogP contribution in [0.5, 0.6) is 0 Å². The van der Waals surface area contributed by atoms with E-state index in [0.29, 0.717) is 0 Å². The van der Waals surface area contributed by atoms with E-state index in [-0.39, 0.29) is 0 Å². The number of rotatable bonds is 22. The molecule has 0 radical (unpaired) electrons. The summed E-state index contributed by atoms with van der Waals surface area (Å²) in [6.45, 7) is 26.5. The van der Waals surface area contributed by atoms with E-state index in [1.165, 1.54) is 92.6 Å². The lowest BCUT2D eigenvalue weighted by atomic mass is 10.1. The molecule has 0 atom stereocenters. The zero-order valence-electron chi connectivity index (χ0n) is 41.2. The van der Waals surface area contributed by atoms with E-state index in [1.54, 1.807) is 14.2 Å². The van der Waals surface area contributed by atoms with Crippen LogP contribution >= 0.6 is 0 Å². The molecule has 340 valence electrons. The Morgan fingerprint density at radius 2 is 0.661 bits per heavy atom. The first-order chi connectivity index (χ1) is 27.7. The molecule has 3 aromatic carbocycles. The summed E-state index contributed by atoms with van der Waals surface area (Å²) in [4.78, 5) is 0. The number of aryl methyl sites for hydroxylation is 3. The van der Waals surface area contributed by atoms with Gasteiger partial charge in [-0.15, -0.1) is 0 Å². The van der Waals surface area contributed by atoms with Crippen LogP contribution in [0.4, 0.5) is 0 Å². The van der Waals surface area contributed by atoms with Crippen molar-refractivity contribution in [2.45, 2.75) is 154 Å². The first kappa shape index (κ1) is 59.8. The number of hydrogen-bond acceptors (Lipinski definition) is 6. The first-order valence-electron chi connectivity index (χ1n) is 22.2. The molecule has 0 bridgehead atoms. The van der Waals surface area contributed by atoms with Gasteiger partial charge in [0, 0.05) is 35.5 Å². The van der Waals surface area contributed by atoms with E-state index < -0.39 is 51.6 Å². The Balaban J connectivity index is 0. The molecule has 0 aliphatic rings. The summed E-state index contributed by atoms with van der Waals surface area (Å²) < 4.78 is 32.3. The molecule has 0 aromatic heterocycles. The summed E-state index contributed by atoms with van der Waals surface area (Å²) in [6.07, 6.45) is 11.4. The van der Waals surface area contributed by atoms with E-state index in [9.17, 15) is 0 Å². The molecule has 0 amide bonds. The maximum Gasteiger partial charge on any atom is 0.320 e. The molecule has 0 aliphatic heterocycles. The lowest BCUT2D eigenvalue weighted by Crippen LogP contribution is -2.37. The Labute approximate surface area is 373 Å². The van der Waals surface area contributed by atoms with E-state index in [2.05, 4.69) is 170 Å². The van der Waals surface area contributed by atoms with Crippen LogP contribution in [-0.2, 0) is 45.5 Å². The summed E-state index contributed by atoms with van der Waals surface area (Å²) in [5.41, 5.74) is 4.36. The number of hydrogen-bond donors (Lipinski definition) is 0. The van der Waals surface area contributed by atoms with Crippen LogP contribution in [0, 0.1) is 0 Å². The van der Waals surface area contributed by atoms with Gasteiger partial charge in [-0.25, -0.2) is 0 Å². The Hall–Kier alpha value is -1.28. The molecular weight excluding hydrogens is 829 g/mol. The minimum atomic E-state index is -1.68. The van der Waals surface area contributed by atoms with Gasteiger partial charge in [0.15, 0.2) is 43.0 Å². The SMILES string of the molecule is CO[SiH](C)C.CO[Si](C)(C)CCCCCc1ccccc1.CO[Si](C)(C)CCCCc1ccccc1.CO[Si](C)(C)CCCc1ccccc1.CO[Si](C)(C)O[SiH](C)C. The largest absolute Gasteiger partial charge is 0.439 e. The molecular formula is C47H92O6Si6. The summed E-state index contributed by atoms with van der Waals surface area (Å²) in [6, 6.07) is 36.0. The Morgan fingerprint density at radius 1 is 0.373 bits per heavy atom. The number of benzene rings is 3.